The van der Waals surface area contributed by atoms with Crippen LogP contribution in [0.4, 0.5) is 5.95 Å². The number of nitrogens with one attached hydrogen (secondary N) is 2. The predicted octanol–water partition coefficient (Wildman–Crippen LogP) is 1.69. The van der Waals surface area contributed by atoms with Crippen molar-refractivity contribution in [3.8, 4) is 11.4 Å². The van der Waals surface area contributed by atoms with E-state index < -0.39 is 0 Å². The Morgan fingerprint density at radius 1 is 1.31 bits per heavy atom. The van der Waals surface area contributed by atoms with E-state index in [1.165, 1.54) is 0 Å². The fraction of sp³-hybridized carbons (Fsp3) is 0.278. The van der Waals surface area contributed by atoms with Crippen molar-refractivity contribution in [3.63, 3.8) is 0 Å². The molecule has 26 heavy (non-hydrogen) atoms. The van der Waals surface area contributed by atoms with Crippen LogP contribution >= 0.6 is 0 Å². The molecule has 2 heterocycles. The molecule has 1 amide bonds. The number of anilines is 1. The van der Waals surface area contributed by atoms with Gasteiger partial charge in [0.05, 0.1) is 5.69 Å². The highest BCUT2D eigenvalue weighted by Gasteiger charge is 2.13. The Kier molecular flexibility index (Phi) is 5.21. The van der Waals surface area contributed by atoms with Crippen molar-refractivity contribution in [3.05, 3.63) is 54.1 Å². The molecule has 0 saturated carbocycles. The van der Waals surface area contributed by atoms with Crippen LogP contribution in [0.25, 0.3) is 11.4 Å². The number of hydrogen-bond donors (Lipinski definition) is 2. The summed E-state index contributed by atoms with van der Waals surface area (Å²) in [6.07, 6.45) is 5.60. The number of carbonyl (C=O) groups is 1. The Morgan fingerprint density at radius 2 is 2.15 bits per heavy atom. The molecule has 1 atom stereocenters. The van der Waals surface area contributed by atoms with Crippen LogP contribution < -0.4 is 10.2 Å². The highest BCUT2D eigenvalue weighted by Crippen LogP contribution is 2.18. The maximum absolute atomic E-state index is 12.5. The van der Waals surface area contributed by atoms with E-state index in [1.54, 1.807) is 30.7 Å². The zero-order valence-corrected chi connectivity index (χ0v) is 15.0. The third-order valence-corrected chi connectivity index (χ3v) is 3.78. The molecule has 0 aliphatic heterocycles. The van der Waals surface area contributed by atoms with Gasteiger partial charge in [0.2, 0.25) is 5.95 Å². The van der Waals surface area contributed by atoms with E-state index in [0.717, 1.165) is 11.3 Å². The van der Waals surface area contributed by atoms with Crippen LogP contribution in [0.3, 0.4) is 0 Å². The van der Waals surface area contributed by atoms with Crippen molar-refractivity contribution in [1.29, 1.82) is 0 Å². The van der Waals surface area contributed by atoms with E-state index in [2.05, 4.69) is 30.5 Å². The predicted molar refractivity (Wildman–Crippen MR) is 98.8 cm³/mol. The van der Waals surface area contributed by atoms with E-state index in [0.29, 0.717) is 23.8 Å². The number of aromatic nitrogens is 5. The van der Waals surface area contributed by atoms with Gasteiger partial charge in [-0.1, -0.05) is 12.1 Å². The first-order chi connectivity index (χ1) is 12.5. The number of nitrogens with zero attached hydrogens (tertiary/aromatic N) is 5. The molecule has 2 aromatic heterocycles. The topological polar surface area (TPSA) is 99.7 Å². The van der Waals surface area contributed by atoms with Gasteiger partial charge in [-0.25, -0.2) is 0 Å². The molecule has 0 aliphatic carbocycles. The number of hydrogen-bond acceptors (Lipinski definition) is 6. The van der Waals surface area contributed by atoms with Crippen LogP contribution in [0, 0.1) is 0 Å². The lowest BCUT2D eigenvalue weighted by Gasteiger charge is -2.13. The molecule has 3 aromatic rings. The molecular weight excluding hydrogens is 330 g/mol. The summed E-state index contributed by atoms with van der Waals surface area (Å²) in [4.78, 5) is 27.0. The van der Waals surface area contributed by atoms with Crippen LogP contribution in [0.2, 0.25) is 0 Å². The molecule has 2 N–H and O–H groups in total. The maximum atomic E-state index is 12.5. The van der Waals surface area contributed by atoms with Gasteiger partial charge in [-0.15, -0.1) is 5.10 Å². The second-order valence-electron chi connectivity index (χ2n) is 6.23. The van der Waals surface area contributed by atoms with E-state index in [9.17, 15) is 4.79 Å². The van der Waals surface area contributed by atoms with Gasteiger partial charge in [0.15, 0.2) is 5.82 Å². The minimum absolute atomic E-state index is 0.0616. The molecule has 0 radical (unpaired) electrons. The molecule has 8 heteroatoms. The van der Waals surface area contributed by atoms with Crippen molar-refractivity contribution < 1.29 is 4.79 Å². The SMILES string of the molecule is CC(Cc1cnccn1)NC(=O)c1cccc(-c2nc(N(C)C)n[nH]2)c1. The molecule has 0 bridgehead atoms. The third-order valence-electron chi connectivity index (χ3n) is 3.78. The molecule has 0 fully saturated rings. The van der Waals surface area contributed by atoms with E-state index in [1.807, 2.05) is 38.1 Å². The van der Waals surface area contributed by atoms with Crippen molar-refractivity contribution >= 4 is 11.9 Å². The monoisotopic (exact) mass is 351 g/mol. The Morgan fingerprint density at radius 3 is 2.85 bits per heavy atom. The number of H-pyrrole nitrogens is 1. The molecule has 0 saturated heterocycles. The van der Waals surface area contributed by atoms with Crippen LogP contribution in [0.15, 0.2) is 42.9 Å². The standard InChI is InChI=1S/C18H21N7O/c1-12(9-15-11-19-7-8-20-15)21-17(26)14-6-4-5-13(10-14)16-22-18(24-23-16)25(2)3/h4-8,10-12H,9H2,1-3H3,(H,21,26)(H,22,23,24). The normalized spacial score (nSPS) is 11.8. The summed E-state index contributed by atoms with van der Waals surface area (Å²) >= 11 is 0. The third kappa shape index (κ3) is 4.21. The number of carbonyl (C=O) groups excluding carboxylic acids is 1. The summed E-state index contributed by atoms with van der Waals surface area (Å²) in [5.74, 6) is 1.07. The van der Waals surface area contributed by atoms with Gasteiger partial charge in [0, 0.05) is 56.3 Å². The summed E-state index contributed by atoms with van der Waals surface area (Å²) in [7, 11) is 3.74. The largest absolute Gasteiger partial charge is 0.349 e. The fourth-order valence-corrected chi connectivity index (χ4v) is 2.50. The smallest absolute Gasteiger partial charge is 0.251 e. The highest BCUT2D eigenvalue weighted by molar-refractivity contribution is 5.95. The molecule has 3 rings (SSSR count). The van der Waals surface area contributed by atoms with Crippen molar-refractivity contribution in [1.82, 2.24) is 30.5 Å². The van der Waals surface area contributed by atoms with Gasteiger partial charge < -0.3 is 10.2 Å². The zero-order valence-electron chi connectivity index (χ0n) is 15.0. The summed E-state index contributed by atoms with van der Waals surface area (Å²) in [6.45, 7) is 1.94. The van der Waals surface area contributed by atoms with E-state index >= 15 is 0 Å². The first-order valence-electron chi connectivity index (χ1n) is 8.29. The minimum Gasteiger partial charge on any atom is -0.349 e. The highest BCUT2D eigenvalue weighted by atomic mass is 16.1. The lowest BCUT2D eigenvalue weighted by Crippen LogP contribution is -2.34. The first kappa shape index (κ1) is 17.5. The second-order valence-corrected chi connectivity index (χ2v) is 6.23. The van der Waals surface area contributed by atoms with Gasteiger partial charge in [-0.2, -0.15) is 4.98 Å². The number of amides is 1. The van der Waals surface area contributed by atoms with Crippen LogP contribution in [0.1, 0.15) is 23.0 Å². The van der Waals surface area contributed by atoms with Crippen LogP contribution in [0.5, 0.6) is 0 Å². The van der Waals surface area contributed by atoms with E-state index in [-0.39, 0.29) is 11.9 Å². The quantitative estimate of drug-likeness (QED) is 0.701. The summed E-state index contributed by atoms with van der Waals surface area (Å²) in [5, 5.41) is 10.0. The van der Waals surface area contributed by atoms with Gasteiger partial charge >= 0.3 is 0 Å². The van der Waals surface area contributed by atoms with Gasteiger partial charge in [-0.3, -0.25) is 19.9 Å². The van der Waals surface area contributed by atoms with Crippen LogP contribution in [-0.2, 0) is 6.42 Å². The van der Waals surface area contributed by atoms with Gasteiger partial charge in [0.25, 0.3) is 5.91 Å². The molecule has 1 aromatic carbocycles. The summed E-state index contributed by atoms with van der Waals surface area (Å²) in [6, 6.07) is 7.23. The Balaban J connectivity index is 1.69. The molecule has 0 aliphatic rings. The Bertz CT molecular complexity index is 876. The average Bonchev–Trinajstić information content (AvgIpc) is 3.13. The van der Waals surface area contributed by atoms with Crippen molar-refractivity contribution in [2.75, 3.05) is 19.0 Å². The lowest BCUT2D eigenvalue weighted by atomic mass is 10.1. The molecular formula is C18H21N7O. The molecule has 134 valence electrons. The van der Waals surface area contributed by atoms with Crippen molar-refractivity contribution in [2.45, 2.75) is 19.4 Å². The fourth-order valence-electron chi connectivity index (χ4n) is 2.50. The second kappa shape index (κ2) is 7.73. The summed E-state index contributed by atoms with van der Waals surface area (Å²) in [5.41, 5.74) is 2.21. The average molecular weight is 351 g/mol. The minimum atomic E-state index is -0.143. The maximum Gasteiger partial charge on any atom is 0.251 e. The van der Waals surface area contributed by atoms with E-state index in [4.69, 9.17) is 0 Å². The zero-order chi connectivity index (χ0) is 18.5. The number of rotatable bonds is 6. The number of aromatic amines is 1. The van der Waals surface area contributed by atoms with Crippen LogP contribution in [-0.4, -0.2) is 51.2 Å². The van der Waals surface area contributed by atoms with Crippen molar-refractivity contribution in [2.24, 2.45) is 0 Å². The Labute approximate surface area is 151 Å². The summed E-state index contributed by atoms with van der Waals surface area (Å²) < 4.78 is 0. The van der Waals surface area contributed by atoms with Gasteiger partial charge in [0.1, 0.15) is 0 Å². The number of benzene rings is 1. The molecule has 8 nitrogen and oxygen atoms in total. The molecule has 0 spiro atoms. The van der Waals surface area contributed by atoms with Gasteiger partial charge in [-0.05, 0) is 19.1 Å². The lowest BCUT2D eigenvalue weighted by molar-refractivity contribution is 0.0940. The molecule has 1 unspecified atom stereocenters. The first-order valence-corrected chi connectivity index (χ1v) is 8.29. The Hall–Kier alpha value is -3.29.